The van der Waals surface area contributed by atoms with Crippen LogP contribution in [0.3, 0.4) is 0 Å². The third kappa shape index (κ3) is 2.32. The van der Waals surface area contributed by atoms with Crippen LogP contribution in [0.1, 0.15) is 23.0 Å². The Labute approximate surface area is 94.5 Å². The van der Waals surface area contributed by atoms with E-state index in [1.165, 1.54) is 0 Å². The van der Waals surface area contributed by atoms with Gasteiger partial charge in [-0.05, 0) is 17.2 Å². The van der Waals surface area contributed by atoms with Crippen molar-refractivity contribution in [2.45, 2.75) is 19.1 Å². The summed E-state index contributed by atoms with van der Waals surface area (Å²) in [6.07, 6.45) is 1.63. The number of hydrogen-bond acceptors (Lipinski definition) is 3. The Hall–Kier alpha value is -1.58. The number of benzene rings is 1. The summed E-state index contributed by atoms with van der Waals surface area (Å²) in [5.41, 5.74) is 7.41. The van der Waals surface area contributed by atoms with E-state index in [4.69, 9.17) is 10.2 Å². The molecular formula is C13H15NO2. The predicted molar refractivity (Wildman–Crippen MR) is 61.7 cm³/mol. The Morgan fingerprint density at radius 3 is 2.62 bits per heavy atom. The summed E-state index contributed by atoms with van der Waals surface area (Å²) in [5.74, 6) is 0.745. The molecule has 2 aromatic rings. The van der Waals surface area contributed by atoms with Crippen LogP contribution in [-0.2, 0) is 13.0 Å². The van der Waals surface area contributed by atoms with Gasteiger partial charge in [0.05, 0.1) is 18.9 Å². The van der Waals surface area contributed by atoms with Crippen LogP contribution in [0, 0.1) is 0 Å². The number of rotatable bonds is 4. The standard InChI is InChI=1S/C13H15NO2/c14-9-13-11(6-7-16-13)8-12(15)10-4-2-1-3-5-10/h1-7,12,15H,8-9,14H2. The third-order valence-corrected chi connectivity index (χ3v) is 2.62. The van der Waals surface area contributed by atoms with Gasteiger partial charge in [-0.25, -0.2) is 0 Å². The van der Waals surface area contributed by atoms with E-state index in [2.05, 4.69) is 0 Å². The summed E-state index contributed by atoms with van der Waals surface area (Å²) < 4.78 is 5.21. The number of furan rings is 1. The Morgan fingerprint density at radius 1 is 1.19 bits per heavy atom. The van der Waals surface area contributed by atoms with E-state index in [9.17, 15) is 5.11 Å². The van der Waals surface area contributed by atoms with Crippen molar-refractivity contribution in [3.8, 4) is 0 Å². The molecule has 1 aromatic carbocycles. The first-order valence-electron chi connectivity index (χ1n) is 5.29. The minimum absolute atomic E-state index is 0.365. The molecule has 0 saturated heterocycles. The average Bonchev–Trinajstić information content (AvgIpc) is 2.77. The van der Waals surface area contributed by atoms with Gasteiger partial charge in [0.2, 0.25) is 0 Å². The Kier molecular flexibility index (Phi) is 3.39. The van der Waals surface area contributed by atoms with Gasteiger partial charge in [0.25, 0.3) is 0 Å². The molecule has 16 heavy (non-hydrogen) atoms. The van der Waals surface area contributed by atoms with Crippen LogP contribution in [-0.4, -0.2) is 5.11 Å². The minimum Gasteiger partial charge on any atom is -0.468 e. The maximum Gasteiger partial charge on any atom is 0.120 e. The zero-order valence-corrected chi connectivity index (χ0v) is 8.97. The summed E-state index contributed by atoms with van der Waals surface area (Å²) >= 11 is 0. The van der Waals surface area contributed by atoms with Crippen LogP contribution in [0.2, 0.25) is 0 Å². The van der Waals surface area contributed by atoms with Gasteiger partial charge in [0.15, 0.2) is 0 Å². The molecule has 2 rings (SSSR count). The summed E-state index contributed by atoms with van der Waals surface area (Å²) in [4.78, 5) is 0. The lowest BCUT2D eigenvalue weighted by Gasteiger charge is -2.10. The molecule has 0 fully saturated rings. The summed E-state index contributed by atoms with van der Waals surface area (Å²) in [7, 11) is 0. The maximum atomic E-state index is 10.0. The van der Waals surface area contributed by atoms with Crippen LogP contribution >= 0.6 is 0 Å². The van der Waals surface area contributed by atoms with Crippen LogP contribution < -0.4 is 5.73 Å². The van der Waals surface area contributed by atoms with Gasteiger partial charge in [-0.3, -0.25) is 0 Å². The van der Waals surface area contributed by atoms with E-state index < -0.39 is 6.10 Å². The van der Waals surface area contributed by atoms with Gasteiger partial charge in [-0.2, -0.15) is 0 Å². The number of hydrogen-bond donors (Lipinski definition) is 2. The van der Waals surface area contributed by atoms with Crippen molar-refractivity contribution >= 4 is 0 Å². The SMILES string of the molecule is NCc1occc1CC(O)c1ccccc1. The topological polar surface area (TPSA) is 59.4 Å². The predicted octanol–water partition coefficient (Wildman–Crippen LogP) is 2.01. The molecule has 0 spiro atoms. The second-order valence-corrected chi connectivity index (χ2v) is 3.70. The summed E-state index contributed by atoms with van der Waals surface area (Å²) in [5, 5.41) is 10.0. The zero-order valence-electron chi connectivity index (χ0n) is 8.97. The molecule has 3 heteroatoms. The molecule has 1 atom stereocenters. The van der Waals surface area contributed by atoms with Crippen molar-refractivity contribution in [3.63, 3.8) is 0 Å². The second kappa shape index (κ2) is 4.96. The van der Waals surface area contributed by atoms with Crippen LogP contribution in [0.5, 0.6) is 0 Å². The molecule has 0 aliphatic rings. The number of aliphatic hydroxyl groups is 1. The summed E-state index contributed by atoms with van der Waals surface area (Å²) in [6, 6.07) is 11.4. The van der Waals surface area contributed by atoms with E-state index in [1.807, 2.05) is 36.4 Å². The molecule has 1 unspecified atom stereocenters. The highest BCUT2D eigenvalue weighted by Crippen LogP contribution is 2.20. The molecule has 3 nitrogen and oxygen atoms in total. The third-order valence-electron chi connectivity index (χ3n) is 2.62. The highest BCUT2D eigenvalue weighted by atomic mass is 16.3. The number of aliphatic hydroxyl groups excluding tert-OH is 1. The molecule has 0 bridgehead atoms. The Morgan fingerprint density at radius 2 is 1.94 bits per heavy atom. The van der Waals surface area contributed by atoms with E-state index in [0.29, 0.717) is 13.0 Å². The lowest BCUT2D eigenvalue weighted by atomic mass is 10.0. The van der Waals surface area contributed by atoms with E-state index in [-0.39, 0.29) is 0 Å². The highest BCUT2D eigenvalue weighted by Gasteiger charge is 2.12. The van der Waals surface area contributed by atoms with Crippen molar-refractivity contribution in [2.75, 3.05) is 0 Å². The largest absolute Gasteiger partial charge is 0.468 e. The molecule has 1 heterocycles. The number of nitrogens with two attached hydrogens (primary N) is 1. The fraction of sp³-hybridized carbons (Fsp3) is 0.231. The highest BCUT2D eigenvalue weighted by molar-refractivity contribution is 5.23. The smallest absolute Gasteiger partial charge is 0.120 e. The quantitative estimate of drug-likeness (QED) is 0.823. The monoisotopic (exact) mass is 217 g/mol. The lowest BCUT2D eigenvalue weighted by molar-refractivity contribution is 0.177. The lowest BCUT2D eigenvalue weighted by Crippen LogP contribution is -2.04. The second-order valence-electron chi connectivity index (χ2n) is 3.70. The van der Waals surface area contributed by atoms with Crippen molar-refractivity contribution in [1.82, 2.24) is 0 Å². The molecule has 0 saturated carbocycles. The first-order chi connectivity index (χ1) is 7.81. The molecule has 0 aliphatic carbocycles. The molecule has 1 aromatic heterocycles. The van der Waals surface area contributed by atoms with Crippen LogP contribution in [0.4, 0.5) is 0 Å². The summed E-state index contributed by atoms with van der Waals surface area (Å²) in [6.45, 7) is 0.365. The van der Waals surface area contributed by atoms with Crippen molar-refractivity contribution in [3.05, 3.63) is 59.5 Å². The normalized spacial score (nSPS) is 12.6. The van der Waals surface area contributed by atoms with Crippen molar-refractivity contribution in [2.24, 2.45) is 5.73 Å². The molecule has 84 valence electrons. The van der Waals surface area contributed by atoms with E-state index >= 15 is 0 Å². The Bertz CT molecular complexity index is 436. The van der Waals surface area contributed by atoms with Gasteiger partial charge in [-0.15, -0.1) is 0 Å². The molecule has 0 aliphatic heterocycles. The van der Waals surface area contributed by atoms with Gasteiger partial charge >= 0.3 is 0 Å². The fourth-order valence-electron chi connectivity index (χ4n) is 1.73. The van der Waals surface area contributed by atoms with Crippen LogP contribution in [0.25, 0.3) is 0 Å². The van der Waals surface area contributed by atoms with E-state index in [1.54, 1.807) is 6.26 Å². The average molecular weight is 217 g/mol. The fourth-order valence-corrected chi connectivity index (χ4v) is 1.73. The Balaban J connectivity index is 2.11. The minimum atomic E-state index is -0.510. The first-order valence-corrected chi connectivity index (χ1v) is 5.29. The zero-order chi connectivity index (χ0) is 11.4. The first kappa shape index (κ1) is 10.9. The van der Waals surface area contributed by atoms with Crippen molar-refractivity contribution < 1.29 is 9.52 Å². The maximum absolute atomic E-state index is 10.0. The molecule has 0 amide bonds. The van der Waals surface area contributed by atoms with Crippen molar-refractivity contribution in [1.29, 1.82) is 0 Å². The van der Waals surface area contributed by atoms with Crippen LogP contribution in [0.15, 0.2) is 47.1 Å². The molecule has 0 radical (unpaired) electrons. The molecule has 3 N–H and O–H groups in total. The van der Waals surface area contributed by atoms with Gasteiger partial charge in [0.1, 0.15) is 5.76 Å². The van der Waals surface area contributed by atoms with E-state index in [0.717, 1.165) is 16.9 Å². The van der Waals surface area contributed by atoms with Gasteiger partial charge < -0.3 is 15.3 Å². The van der Waals surface area contributed by atoms with Gasteiger partial charge in [0, 0.05) is 6.42 Å². The molecular weight excluding hydrogens is 202 g/mol. The van der Waals surface area contributed by atoms with Gasteiger partial charge in [-0.1, -0.05) is 30.3 Å².